The summed E-state index contributed by atoms with van der Waals surface area (Å²) in [5.74, 6) is 0.121. The van der Waals surface area contributed by atoms with Gasteiger partial charge in [0.2, 0.25) is 10.0 Å². The number of carbonyl (C=O) groups is 1. The number of piperazine rings is 1. The third kappa shape index (κ3) is 4.97. The number of sulfonamides is 1. The van der Waals surface area contributed by atoms with Crippen molar-refractivity contribution in [2.75, 3.05) is 32.7 Å². The standard InChI is InChI=1S/C18H28ClN3O3S/c1-14(2)22(15(3)4)18(23)13-20-8-10-21(11-9-20)26(24,25)17-7-5-6-16(19)12-17/h5-7,12,14-15H,8-11,13H2,1-4H3/p+1. The van der Waals surface area contributed by atoms with E-state index in [2.05, 4.69) is 0 Å². The summed E-state index contributed by atoms with van der Waals surface area (Å²) in [5, 5.41) is 0.406. The molecule has 1 saturated heterocycles. The molecule has 0 radical (unpaired) electrons. The van der Waals surface area contributed by atoms with Gasteiger partial charge in [-0.2, -0.15) is 4.31 Å². The van der Waals surface area contributed by atoms with Crippen LogP contribution in [0.15, 0.2) is 29.2 Å². The first-order valence-electron chi connectivity index (χ1n) is 9.03. The molecule has 1 aromatic rings. The van der Waals surface area contributed by atoms with E-state index in [1.807, 2.05) is 32.6 Å². The molecule has 0 saturated carbocycles. The van der Waals surface area contributed by atoms with Crippen molar-refractivity contribution in [3.8, 4) is 0 Å². The highest BCUT2D eigenvalue weighted by Crippen LogP contribution is 2.19. The van der Waals surface area contributed by atoms with E-state index in [-0.39, 0.29) is 22.9 Å². The molecule has 146 valence electrons. The Morgan fingerprint density at radius 1 is 1.19 bits per heavy atom. The van der Waals surface area contributed by atoms with E-state index < -0.39 is 10.0 Å². The number of quaternary nitrogens is 1. The predicted octanol–water partition coefficient (Wildman–Crippen LogP) is 0.875. The van der Waals surface area contributed by atoms with E-state index in [4.69, 9.17) is 11.6 Å². The molecule has 0 aromatic heterocycles. The van der Waals surface area contributed by atoms with E-state index >= 15 is 0 Å². The third-order valence-corrected chi connectivity index (χ3v) is 6.80. The highest BCUT2D eigenvalue weighted by molar-refractivity contribution is 7.89. The molecular formula is C18H29ClN3O3S+. The van der Waals surface area contributed by atoms with Crippen molar-refractivity contribution in [3.63, 3.8) is 0 Å². The minimum atomic E-state index is -3.54. The lowest BCUT2D eigenvalue weighted by atomic mass is 10.2. The Balaban J connectivity index is 1.98. The Bertz CT molecular complexity index is 721. The van der Waals surface area contributed by atoms with Crippen molar-refractivity contribution in [1.82, 2.24) is 9.21 Å². The van der Waals surface area contributed by atoms with Gasteiger partial charge in [-0.15, -0.1) is 0 Å². The van der Waals surface area contributed by atoms with Gasteiger partial charge in [0, 0.05) is 17.1 Å². The second kappa shape index (κ2) is 8.69. The molecule has 1 amide bonds. The van der Waals surface area contributed by atoms with Crippen LogP contribution in [0, 0.1) is 0 Å². The molecule has 0 atom stereocenters. The minimum Gasteiger partial charge on any atom is -0.333 e. The molecule has 2 rings (SSSR count). The van der Waals surface area contributed by atoms with Gasteiger partial charge < -0.3 is 9.80 Å². The predicted molar refractivity (Wildman–Crippen MR) is 103 cm³/mol. The number of rotatable bonds is 6. The van der Waals surface area contributed by atoms with Gasteiger partial charge in [0.1, 0.15) is 0 Å². The molecule has 0 bridgehead atoms. The lowest BCUT2D eigenvalue weighted by Crippen LogP contribution is -3.15. The summed E-state index contributed by atoms with van der Waals surface area (Å²) in [7, 11) is -3.54. The number of amides is 1. The van der Waals surface area contributed by atoms with Crippen LogP contribution in [0.4, 0.5) is 0 Å². The molecule has 0 spiro atoms. The summed E-state index contributed by atoms with van der Waals surface area (Å²) in [6, 6.07) is 6.65. The fourth-order valence-electron chi connectivity index (χ4n) is 3.47. The Morgan fingerprint density at radius 2 is 1.77 bits per heavy atom. The van der Waals surface area contributed by atoms with Gasteiger partial charge in [0.05, 0.1) is 31.1 Å². The molecule has 8 heteroatoms. The summed E-state index contributed by atoms with van der Waals surface area (Å²) in [6.07, 6.45) is 0. The van der Waals surface area contributed by atoms with Gasteiger partial charge in [0.15, 0.2) is 6.54 Å². The summed E-state index contributed by atoms with van der Waals surface area (Å²) < 4.78 is 27.0. The van der Waals surface area contributed by atoms with Crippen LogP contribution in [0.25, 0.3) is 0 Å². The Kier molecular flexibility index (Phi) is 7.07. The molecule has 1 heterocycles. The number of hydrogen-bond donors (Lipinski definition) is 1. The smallest absolute Gasteiger partial charge is 0.278 e. The number of halogens is 1. The van der Waals surface area contributed by atoms with E-state index in [1.54, 1.807) is 18.2 Å². The molecule has 0 unspecified atom stereocenters. The average molecular weight is 403 g/mol. The summed E-state index contributed by atoms with van der Waals surface area (Å²) in [4.78, 5) is 15.8. The first-order chi connectivity index (χ1) is 12.1. The van der Waals surface area contributed by atoms with Crippen molar-refractivity contribution >= 4 is 27.5 Å². The Labute approximate surface area is 161 Å². The maximum atomic E-state index is 12.7. The van der Waals surface area contributed by atoms with Crippen LogP contribution in [0.3, 0.4) is 0 Å². The average Bonchev–Trinajstić information content (AvgIpc) is 2.54. The van der Waals surface area contributed by atoms with E-state index in [0.717, 1.165) is 4.90 Å². The number of hydrogen-bond acceptors (Lipinski definition) is 3. The minimum absolute atomic E-state index is 0.121. The van der Waals surface area contributed by atoms with E-state index in [9.17, 15) is 13.2 Å². The van der Waals surface area contributed by atoms with Crippen molar-refractivity contribution < 1.29 is 18.1 Å². The normalized spacial score (nSPS) is 17.0. The van der Waals surface area contributed by atoms with Gasteiger partial charge in [-0.25, -0.2) is 8.42 Å². The maximum absolute atomic E-state index is 12.7. The van der Waals surface area contributed by atoms with Crippen molar-refractivity contribution in [2.45, 2.75) is 44.7 Å². The first kappa shape index (κ1) is 21.2. The van der Waals surface area contributed by atoms with Crippen LogP contribution in [-0.4, -0.2) is 68.3 Å². The van der Waals surface area contributed by atoms with Gasteiger partial charge in [-0.3, -0.25) is 4.79 Å². The van der Waals surface area contributed by atoms with Crippen molar-refractivity contribution in [2.24, 2.45) is 0 Å². The second-order valence-electron chi connectivity index (χ2n) is 7.28. The lowest BCUT2D eigenvalue weighted by molar-refractivity contribution is -0.896. The highest BCUT2D eigenvalue weighted by atomic mass is 35.5. The molecule has 1 N–H and O–H groups in total. The molecule has 1 aromatic carbocycles. The first-order valence-corrected chi connectivity index (χ1v) is 10.8. The van der Waals surface area contributed by atoms with Crippen molar-refractivity contribution in [1.29, 1.82) is 0 Å². The molecule has 6 nitrogen and oxygen atoms in total. The summed E-state index contributed by atoms with van der Waals surface area (Å²) >= 11 is 5.92. The van der Waals surface area contributed by atoms with Crippen LogP contribution in [-0.2, 0) is 14.8 Å². The quantitative estimate of drug-likeness (QED) is 0.768. The monoisotopic (exact) mass is 402 g/mol. The second-order valence-corrected chi connectivity index (χ2v) is 9.65. The number of nitrogens with one attached hydrogen (secondary N) is 1. The van der Waals surface area contributed by atoms with Gasteiger partial charge in [-0.05, 0) is 45.9 Å². The van der Waals surface area contributed by atoms with Crippen LogP contribution < -0.4 is 4.90 Å². The molecule has 1 aliphatic rings. The van der Waals surface area contributed by atoms with E-state index in [0.29, 0.717) is 37.7 Å². The molecular weight excluding hydrogens is 374 g/mol. The molecule has 1 aliphatic heterocycles. The van der Waals surface area contributed by atoms with Gasteiger partial charge >= 0.3 is 0 Å². The molecule has 0 aliphatic carbocycles. The van der Waals surface area contributed by atoms with Crippen LogP contribution in [0.5, 0.6) is 0 Å². The number of benzene rings is 1. The third-order valence-electron chi connectivity index (χ3n) is 4.67. The zero-order chi connectivity index (χ0) is 19.5. The maximum Gasteiger partial charge on any atom is 0.278 e. The fraction of sp³-hybridized carbons (Fsp3) is 0.611. The van der Waals surface area contributed by atoms with Crippen LogP contribution in [0.2, 0.25) is 5.02 Å². The van der Waals surface area contributed by atoms with Crippen molar-refractivity contribution in [3.05, 3.63) is 29.3 Å². The number of nitrogens with zero attached hydrogens (tertiary/aromatic N) is 2. The Morgan fingerprint density at radius 3 is 2.27 bits per heavy atom. The molecule has 26 heavy (non-hydrogen) atoms. The topological polar surface area (TPSA) is 62.1 Å². The van der Waals surface area contributed by atoms with Crippen LogP contribution in [0.1, 0.15) is 27.7 Å². The van der Waals surface area contributed by atoms with Gasteiger partial charge in [-0.1, -0.05) is 17.7 Å². The summed E-state index contributed by atoms with van der Waals surface area (Å²) in [6.45, 7) is 10.5. The summed E-state index contributed by atoms with van der Waals surface area (Å²) in [5.41, 5.74) is 0. The van der Waals surface area contributed by atoms with Crippen LogP contribution >= 0.6 is 11.6 Å². The zero-order valence-corrected chi connectivity index (χ0v) is 17.5. The van der Waals surface area contributed by atoms with E-state index in [1.165, 1.54) is 10.4 Å². The fourth-order valence-corrected chi connectivity index (χ4v) is 5.22. The number of carbonyl (C=O) groups excluding carboxylic acids is 1. The highest BCUT2D eigenvalue weighted by Gasteiger charge is 2.32. The van der Waals surface area contributed by atoms with Gasteiger partial charge in [0.25, 0.3) is 5.91 Å². The SMILES string of the molecule is CC(C)N(C(=O)C[NH+]1CCN(S(=O)(=O)c2cccc(Cl)c2)CC1)C(C)C. The lowest BCUT2D eigenvalue weighted by Gasteiger charge is -2.35. The Hall–Kier alpha value is -1.15. The zero-order valence-electron chi connectivity index (χ0n) is 15.9. The molecule has 1 fully saturated rings. The largest absolute Gasteiger partial charge is 0.333 e.